The number of carbonyl (C=O) groups is 2. The predicted octanol–water partition coefficient (Wildman–Crippen LogP) is 4.01. The van der Waals surface area contributed by atoms with Crippen LogP contribution in [0.5, 0.6) is 17.2 Å². The number of fused-ring (bicyclic) bond motifs is 2. The van der Waals surface area contributed by atoms with Crippen LogP contribution in [0, 0.1) is 11.7 Å². The summed E-state index contributed by atoms with van der Waals surface area (Å²) in [5, 5.41) is 9.81. The molecular weight excluding hydrogens is 453 g/mol. The predicted molar refractivity (Wildman–Crippen MR) is 124 cm³/mol. The van der Waals surface area contributed by atoms with Gasteiger partial charge in [0, 0.05) is 25.1 Å². The summed E-state index contributed by atoms with van der Waals surface area (Å²) >= 11 is 0. The molecule has 2 heterocycles. The highest BCUT2D eigenvalue weighted by molar-refractivity contribution is 6.21. The molecule has 0 aromatic heterocycles. The summed E-state index contributed by atoms with van der Waals surface area (Å²) in [6, 6.07) is 18.0. The number of amides is 2. The Morgan fingerprint density at radius 1 is 0.943 bits per heavy atom. The van der Waals surface area contributed by atoms with Crippen molar-refractivity contribution in [3.63, 3.8) is 0 Å². The van der Waals surface area contributed by atoms with E-state index in [4.69, 9.17) is 14.2 Å². The van der Waals surface area contributed by atoms with Crippen molar-refractivity contribution in [3.8, 4) is 17.2 Å². The van der Waals surface area contributed by atoms with Crippen molar-refractivity contribution < 1.29 is 33.3 Å². The van der Waals surface area contributed by atoms with E-state index in [0.717, 1.165) is 5.56 Å². The van der Waals surface area contributed by atoms with Crippen LogP contribution < -0.4 is 14.2 Å². The number of aliphatic hydroxyl groups is 1. The number of ether oxygens (including phenoxy) is 3. The van der Waals surface area contributed by atoms with Crippen molar-refractivity contribution in [3.05, 3.63) is 89.2 Å². The third-order valence-corrected chi connectivity index (χ3v) is 6.41. The first-order valence-corrected chi connectivity index (χ1v) is 11.4. The fourth-order valence-electron chi connectivity index (χ4n) is 4.63. The van der Waals surface area contributed by atoms with Gasteiger partial charge in [0.1, 0.15) is 11.6 Å². The minimum Gasteiger partial charge on any atom is -0.493 e. The van der Waals surface area contributed by atoms with Crippen molar-refractivity contribution in [1.29, 1.82) is 0 Å². The van der Waals surface area contributed by atoms with Gasteiger partial charge in [-0.3, -0.25) is 14.5 Å². The first kappa shape index (κ1) is 22.9. The van der Waals surface area contributed by atoms with Gasteiger partial charge >= 0.3 is 0 Å². The fourth-order valence-corrected chi connectivity index (χ4v) is 4.63. The van der Waals surface area contributed by atoms with Crippen LogP contribution in [0.25, 0.3) is 0 Å². The Labute approximate surface area is 201 Å². The van der Waals surface area contributed by atoms with E-state index in [1.165, 1.54) is 17.0 Å². The minimum atomic E-state index is -0.375. The lowest BCUT2D eigenvalue weighted by atomic mass is 9.83. The highest BCUT2D eigenvalue weighted by Gasteiger charge is 2.38. The number of hydrogen-bond acceptors (Lipinski definition) is 6. The molecule has 0 aliphatic carbocycles. The molecule has 0 saturated carbocycles. The van der Waals surface area contributed by atoms with E-state index in [9.17, 15) is 19.1 Å². The Morgan fingerprint density at radius 3 is 2.31 bits per heavy atom. The number of benzene rings is 3. The first-order chi connectivity index (χ1) is 17.0. The van der Waals surface area contributed by atoms with Gasteiger partial charge in [0.2, 0.25) is 6.79 Å². The fraction of sp³-hybridized carbons (Fsp3) is 0.259. The van der Waals surface area contributed by atoms with Gasteiger partial charge in [-0.1, -0.05) is 24.3 Å². The second kappa shape index (κ2) is 9.76. The van der Waals surface area contributed by atoms with E-state index < -0.39 is 0 Å². The summed E-state index contributed by atoms with van der Waals surface area (Å²) in [5.74, 6) is -0.0112. The molecule has 2 aliphatic heterocycles. The Bertz CT molecular complexity index is 1210. The maximum atomic E-state index is 13.6. The average Bonchev–Trinajstić information content (AvgIpc) is 3.44. The monoisotopic (exact) mass is 477 g/mol. The lowest BCUT2D eigenvalue weighted by molar-refractivity contribution is 0.0593. The molecule has 5 rings (SSSR count). The summed E-state index contributed by atoms with van der Waals surface area (Å²) in [6.07, 6.45) is 0.351. The van der Waals surface area contributed by atoms with E-state index in [0.29, 0.717) is 34.8 Å². The molecule has 0 spiro atoms. The molecule has 0 fully saturated rings. The number of aliphatic hydroxyl groups excluding tert-OH is 1. The van der Waals surface area contributed by atoms with Crippen molar-refractivity contribution in [1.82, 2.24) is 4.90 Å². The lowest BCUT2D eigenvalue weighted by Gasteiger charge is -2.30. The number of halogens is 1. The zero-order chi connectivity index (χ0) is 24.4. The molecule has 180 valence electrons. The first-order valence-electron chi connectivity index (χ1n) is 11.4. The van der Waals surface area contributed by atoms with Gasteiger partial charge in [0.05, 0.1) is 17.7 Å². The highest BCUT2D eigenvalue weighted by Crippen LogP contribution is 2.36. The molecule has 2 atom stereocenters. The van der Waals surface area contributed by atoms with Gasteiger partial charge < -0.3 is 19.3 Å². The molecule has 2 aliphatic rings. The zero-order valence-corrected chi connectivity index (χ0v) is 18.9. The normalized spacial score (nSPS) is 15.8. The maximum absolute atomic E-state index is 13.6. The SMILES string of the molecule is O=C1c2ccccc2C(=O)N1C[C@@H](COc1ccc2c(c1)OCO2)[C@@H](CCO)c1ccc(F)cc1. The number of rotatable bonds is 9. The summed E-state index contributed by atoms with van der Waals surface area (Å²) in [7, 11) is 0. The second-order valence-electron chi connectivity index (χ2n) is 8.52. The Hall–Kier alpha value is -3.91. The number of imide groups is 1. The number of carbonyl (C=O) groups excluding carboxylic acids is 2. The minimum absolute atomic E-state index is 0.0823. The Kier molecular flexibility index (Phi) is 6.37. The van der Waals surface area contributed by atoms with E-state index in [-0.39, 0.29) is 56.0 Å². The summed E-state index contributed by atoms with van der Waals surface area (Å²) in [5.41, 5.74) is 1.53. The molecule has 0 unspecified atom stereocenters. The van der Waals surface area contributed by atoms with Crippen LogP contribution in [0.15, 0.2) is 66.7 Å². The average molecular weight is 477 g/mol. The topological polar surface area (TPSA) is 85.3 Å². The Balaban J connectivity index is 1.43. The molecule has 3 aromatic rings. The van der Waals surface area contributed by atoms with Gasteiger partial charge in [-0.05, 0) is 54.3 Å². The molecule has 7 nitrogen and oxygen atoms in total. The summed E-state index contributed by atoms with van der Waals surface area (Å²) in [6.45, 7) is 0.253. The summed E-state index contributed by atoms with van der Waals surface area (Å²) in [4.78, 5) is 27.3. The second-order valence-corrected chi connectivity index (χ2v) is 8.52. The van der Waals surface area contributed by atoms with Gasteiger partial charge in [-0.25, -0.2) is 4.39 Å². The molecule has 0 radical (unpaired) electrons. The van der Waals surface area contributed by atoms with E-state index >= 15 is 0 Å². The number of hydrogen-bond donors (Lipinski definition) is 1. The largest absolute Gasteiger partial charge is 0.493 e. The molecule has 3 aromatic carbocycles. The highest BCUT2D eigenvalue weighted by atomic mass is 19.1. The van der Waals surface area contributed by atoms with Crippen molar-refractivity contribution in [2.24, 2.45) is 5.92 Å². The molecule has 35 heavy (non-hydrogen) atoms. The van der Waals surface area contributed by atoms with Crippen LogP contribution in [0.1, 0.15) is 38.6 Å². The molecule has 1 N–H and O–H groups in total. The van der Waals surface area contributed by atoms with Crippen LogP contribution in [0.3, 0.4) is 0 Å². The van der Waals surface area contributed by atoms with E-state index in [1.807, 2.05) is 0 Å². The van der Waals surface area contributed by atoms with Crippen molar-refractivity contribution in [2.75, 3.05) is 26.6 Å². The maximum Gasteiger partial charge on any atom is 0.261 e. The molecule has 0 saturated heterocycles. The lowest BCUT2D eigenvalue weighted by Crippen LogP contribution is -2.39. The van der Waals surface area contributed by atoms with Crippen LogP contribution in [0.4, 0.5) is 4.39 Å². The van der Waals surface area contributed by atoms with Gasteiger partial charge in [-0.15, -0.1) is 0 Å². The molecule has 2 amide bonds. The molecule has 0 bridgehead atoms. The quantitative estimate of drug-likeness (QED) is 0.469. The van der Waals surface area contributed by atoms with Crippen molar-refractivity contribution in [2.45, 2.75) is 12.3 Å². The summed E-state index contributed by atoms with van der Waals surface area (Å²) < 4.78 is 30.4. The standard InChI is InChI=1S/C27H24FNO6/c28-19-7-5-17(6-8-19)21(11-12-30)18(15-33-20-9-10-24-25(13-20)35-16-34-24)14-29-26(31)22-3-1-2-4-23(22)27(29)32/h1-10,13,18,21,30H,11-12,14-16H2/t18-,21-/m0/s1. The van der Waals surface area contributed by atoms with Crippen LogP contribution in [0.2, 0.25) is 0 Å². The van der Waals surface area contributed by atoms with Crippen molar-refractivity contribution >= 4 is 11.8 Å². The number of nitrogens with zero attached hydrogens (tertiary/aromatic N) is 1. The van der Waals surface area contributed by atoms with Gasteiger partial charge in [-0.2, -0.15) is 0 Å². The molecule has 8 heteroatoms. The smallest absolute Gasteiger partial charge is 0.261 e. The van der Waals surface area contributed by atoms with Crippen LogP contribution in [-0.4, -0.2) is 48.4 Å². The van der Waals surface area contributed by atoms with Gasteiger partial charge in [0.15, 0.2) is 11.5 Å². The van der Waals surface area contributed by atoms with Crippen LogP contribution in [-0.2, 0) is 0 Å². The van der Waals surface area contributed by atoms with E-state index in [2.05, 4.69) is 0 Å². The third kappa shape index (κ3) is 4.57. The third-order valence-electron chi connectivity index (χ3n) is 6.41. The Morgan fingerprint density at radius 2 is 1.63 bits per heavy atom. The van der Waals surface area contributed by atoms with Crippen LogP contribution >= 0.6 is 0 Å². The zero-order valence-electron chi connectivity index (χ0n) is 18.9. The molecular formula is C27H24FNO6. The van der Waals surface area contributed by atoms with E-state index in [1.54, 1.807) is 54.6 Å². The van der Waals surface area contributed by atoms with Gasteiger partial charge in [0.25, 0.3) is 11.8 Å².